The van der Waals surface area contributed by atoms with Crippen LogP contribution in [0.1, 0.15) is 21.5 Å². The highest BCUT2D eigenvalue weighted by Gasteiger charge is 2.18. The third-order valence-electron chi connectivity index (χ3n) is 4.11. The van der Waals surface area contributed by atoms with E-state index >= 15 is 0 Å². The fraction of sp³-hybridized carbons (Fsp3) is 0.316. The minimum Gasteiger partial charge on any atom is -0.497 e. The van der Waals surface area contributed by atoms with Gasteiger partial charge in [0.25, 0.3) is 5.91 Å². The number of amides is 1. The van der Waals surface area contributed by atoms with E-state index in [4.69, 9.17) is 4.74 Å². The number of hydrogen-bond donors (Lipinski definition) is 1. The monoisotopic (exact) mass is 376 g/mol. The number of hydrogen-bond acceptors (Lipinski definition) is 4. The fourth-order valence-electron chi connectivity index (χ4n) is 2.50. The first-order chi connectivity index (χ1) is 12.2. The summed E-state index contributed by atoms with van der Waals surface area (Å²) in [6, 6.07) is 12.3. The van der Waals surface area contributed by atoms with Gasteiger partial charge >= 0.3 is 0 Å². The lowest BCUT2D eigenvalue weighted by atomic mass is 10.1. The molecule has 0 aliphatic rings. The van der Waals surface area contributed by atoms with Crippen molar-refractivity contribution < 1.29 is 17.9 Å². The van der Waals surface area contributed by atoms with Gasteiger partial charge in [-0.25, -0.2) is 8.42 Å². The van der Waals surface area contributed by atoms with Gasteiger partial charge in [0, 0.05) is 12.1 Å². The van der Waals surface area contributed by atoms with Crippen LogP contribution < -0.4 is 14.4 Å². The molecule has 2 rings (SSSR count). The summed E-state index contributed by atoms with van der Waals surface area (Å²) >= 11 is 0. The van der Waals surface area contributed by atoms with Gasteiger partial charge < -0.3 is 10.1 Å². The predicted molar refractivity (Wildman–Crippen MR) is 103 cm³/mol. The van der Waals surface area contributed by atoms with Gasteiger partial charge in [0.15, 0.2) is 0 Å². The number of sulfonamides is 1. The number of rotatable bonds is 7. The zero-order valence-electron chi connectivity index (χ0n) is 15.4. The van der Waals surface area contributed by atoms with Crippen LogP contribution in [-0.2, 0) is 10.0 Å². The maximum atomic E-state index is 12.2. The van der Waals surface area contributed by atoms with Crippen LogP contribution in [0.4, 0.5) is 5.69 Å². The van der Waals surface area contributed by atoms with E-state index in [2.05, 4.69) is 5.32 Å². The second-order valence-electron chi connectivity index (χ2n) is 6.09. The molecule has 0 saturated heterocycles. The molecule has 2 aromatic rings. The van der Waals surface area contributed by atoms with E-state index in [1.807, 2.05) is 26.0 Å². The Balaban J connectivity index is 2.08. The molecule has 2 aromatic carbocycles. The van der Waals surface area contributed by atoms with Crippen molar-refractivity contribution in [3.05, 3.63) is 59.2 Å². The molecule has 140 valence electrons. The van der Waals surface area contributed by atoms with Gasteiger partial charge in [0.05, 0.1) is 25.6 Å². The van der Waals surface area contributed by atoms with Crippen molar-refractivity contribution in [1.29, 1.82) is 0 Å². The molecule has 0 aliphatic heterocycles. The molecule has 0 saturated carbocycles. The molecule has 0 heterocycles. The number of anilines is 1. The van der Waals surface area contributed by atoms with Crippen LogP contribution in [0.25, 0.3) is 0 Å². The Hall–Kier alpha value is -2.54. The van der Waals surface area contributed by atoms with Gasteiger partial charge in [0.1, 0.15) is 5.75 Å². The average Bonchev–Trinajstić information content (AvgIpc) is 2.60. The zero-order valence-corrected chi connectivity index (χ0v) is 16.3. The summed E-state index contributed by atoms with van der Waals surface area (Å²) in [4.78, 5) is 12.2. The summed E-state index contributed by atoms with van der Waals surface area (Å²) in [5, 5.41) is 2.75. The predicted octanol–water partition coefficient (Wildman–Crippen LogP) is 2.51. The number of benzene rings is 2. The van der Waals surface area contributed by atoms with Crippen molar-refractivity contribution in [2.24, 2.45) is 0 Å². The Morgan fingerprint density at radius 2 is 1.85 bits per heavy atom. The smallest absolute Gasteiger partial charge is 0.251 e. The van der Waals surface area contributed by atoms with Gasteiger partial charge in [-0.2, -0.15) is 0 Å². The molecule has 7 heteroatoms. The van der Waals surface area contributed by atoms with E-state index in [9.17, 15) is 13.2 Å². The van der Waals surface area contributed by atoms with Gasteiger partial charge in [-0.3, -0.25) is 9.10 Å². The van der Waals surface area contributed by atoms with E-state index in [0.717, 1.165) is 17.4 Å². The zero-order chi connectivity index (χ0) is 19.3. The summed E-state index contributed by atoms with van der Waals surface area (Å²) in [6.07, 6.45) is 1.16. The van der Waals surface area contributed by atoms with E-state index in [1.165, 1.54) is 11.4 Å². The van der Waals surface area contributed by atoms with Crippen LogP contribution >= 0.6 is 0 Å². The van der Waals surface area contributed by atoms with Crippen LogP contribution in [0.3, 0.4) is 0 Å². The molecule has 0 aliphatic carbocycles. The second-order valence-corrected chi connectivity index (χ2v) is 8.00. The van der Waals surface area contributed by atoms with Crippen LogP contribution in [0, 0.1) is 13.8 Å². The molecule has 0 radical (unpaired) electrons. The van der Waals surface area contributed by atoms with E-state index in [0.29, 0.717) is 17.0 Å². The molecule has 1 N–H and O–H groups in total. The third-order valence-corrected chi connectivity index (χ3v) is 5.31. The summed E-state index contributed by atoms with van der Waals surface area (Å²) in [7, 11) is -1.93. The van der Waals surface area contributed by atoms with E-state index in [-0.39, 0.29) is 19.0 Å². The van der Waals surface area contributed by atoms with E-state index in [1.54, 1.807) is 30.3 Å². The highest BCUT2D eigenvalue weighted by atomic mass is 32.2. The molecular weight excluding hydrogens is 352 g/mol. The molecule has 26 heavy (non-hydrogen) atoms. The number of ether oxygens (including phenoxy) is 1. The van der Waals surface area contributed by atoms with Crippen molar-refractivity contribution in [3.63, 3.8) is 0 Å². The number of nitrogens with one attached hydrogen (secondary N) is 1. The van der Waals surface area contributed by atoms with Crippen LogP contribution in [-0.4, -0.2) is 40.8 Å². The molecule has 0 aromatic heterocycles. The molecular formula is C19H24N2O4S. The Morgan fingerprint density at radius 1 is 1.12 bits per heavy atom. The molecule has 0 bridgehead atoms. The average molecular weight is 376 g/mol. The Labute approximate surface area is 154 Å². The fourth-order valence-corrected chi connectivity index (χ4v) is 3.42. The molecule has 1 amide bonds. The normalized spacial score (nSPS) is 11.1. The lowest BCUT2D eigenvalue weighted by molar-refractivity contribution is 0.0954. The molecule has 0 spiro atoms. The molecule has 0 atom stereocenters. The number of aryl methyl sites for hydroxylation is 2. The highest BCUT2D eigenvalue weighted by molar-refractivity contribution is 7.92. The van der Waals surface area contributed by atoms with E-state index < -0.39 is 10.0 Å². The molecule has 0 fully saturated rings. The standard InChI is InChI=1S/C19H24N2O4S/c1-14-8-9-17(12-15(14)2)21(26(4,23)24)11-10-20-19(22)16-6-5-7-18(13-16)25-3/h5-9,12-13H,10-11H2,1-4H3,(H,20,22). The number of nitrogens with zero attached hydrogens (tertiary/aromatic N) is 1. The Kier molecular flexibility index (Phi) is 6.26. The first-order valence-corrected chi connectivity index (χ1v) is 10.0. The topological polar surface area (TPSA) is 75.7 Å². The van der Waals surface area contributed by atoms with Gasteiger partial charge in [-0.05, 0) is 55.3 Å². The quantitative estimate of drug-likeness (QED) is 0.806. The summed E-state index contributed by atoms with van der Waals surface area (Å²) in [5.41, 5.74) is 3.15. The summed E-state index contributed by atoms with van der Waals surface area (Å²) in [5.74, 6) is 0.308. The molecule has 0 unspecified atom stereocenters. The SMILES string of the molecule is COc1cccc(C(=O)NCCN(c2ccc(C)c(C)c2)S(C)(=O)=O)c1. The Morgan fingerprint density at radius 3 is 2.46 bits per heavy atom. The minimum absolute atomic E-state index is 0.150. The van der Waals surface area contributed by atoms with Crippen LogP contribution in [0.5, 0.6) is 5.75 Å². The number of carbonyl (C=O) groups is 1. The largest absolute Gasteiger partial charge is 0.497 e. The number of methoxy groups -OCH3 is 1. The van der Waals surface area contributed by atoms with Crippen molar-refractivity contribution >= 4 is 21.6 Å². The van der Waals surface area contributed by atoms with Crippen molar-refractivity contribution in [2.75, 3.05) is 30.8 Å². The van der Waals surface area contributed by atoms with Crippen LogP contribution in [0.15, 0.2) is 42.5 Å². The van der Waals surface area contributed by atoms with Crippen molar-refractivity contribution in [2.45, 2.75) is 13.8 Å². The highest BCUT2D eigenvalue weighted by Crippen LogP contribution is 2.21. The van der Waals surface area contributed by atoms with Gasteiger partial charge in [0.2, 0.25) is 10.0 Å². The lowest BCUT2D eigenvalue weighted by Crippen LogP contribution is -2.38. The second kappa shape index (κ2) is 8.23. The molecule has 6 nitrogen and oxygen atoms in total. The maximum absolute atomic E-state index is 12.2. The summed E-state index contributed by atoms with van der Waals surface area (Å²) < 4.78 is 30.7. The number of carbonyl (C=O) groups excluding carboxylic acids is 1. The lowest BCUT2D eigenvalue weighted by Gasteiger charge is -2.23. The first-order valence-electron chi connectivity index (χ1n) is 8.19. The van der Waals surface area contributed by atoms with Gasteiger partial charge in [-0.1, -0.05) is 12.1 Å². The van der Waals surface area contributed by atoms with Crippen molar-refractivity contribution in [3.8, 4) is 5.75 Å². The maximum Gasteiger partial charge on any atom is 0.251 e. The Bertz CT molecular complexity index is 894. The van der Waals surface area contributed by atoms with Crippen LogP contribution in [0.2, 0.25) is 0 Å². The van der Waals surface area contributed by atoms with Gasteiger partial charge in [-0.15, -0.1) is 0 Å². The minimum atomic E-state index is -3.46. The summed E-state index contributed by atoms with van der Waals surface area (Å²) in [6.45, 7) is 4.25. The third kappa shape index (κ3) is 4.98. The first kappa shape index (κ1) is 19.8. The van der Waals surface area contributed by atoms with Crippen molar-refractivity contribution in [1.82, 2.24) is 5.32 Å².